The Bertz CT molecular complexity index is 435. The third-order valence-electron chi connectivity index (χ3n) is 2.42. The van der Waals surface area contributed by atoms with Crippen LogP contribution in [0.5, 0.6) is 0 Å². The first-order valence-electron chi connectivity index (χ1n) is 4.89. The first kappa shape index (κ1) is 10.2. The maximum absolute atomic E-state index is 6.20. The predicted octanol–water partition coefficient (Wildman–Crippen LogP) is 2.80. The number of hydrogen-bond acceptors (Lipinski definition) is 2. The molecule has 0 unspecified atom stereocenters. The van der Waals surface area contributed by atoms with Gasteiger partial charge in [0, 0.05) is 31.0 Å². The molecular formula is C12H13ClN2. The molecule has 2 rings (SSSR count). The molecule has 0 aliphatic carbocycles. The van der Waals surface area contributed by atoms with Crippen molar-refractivity contribution in [2.24, 2.45) is 0 Å². The van der Waals surface area contributed by atoms with Crippen LogP contribution in [0.2, 0.25) is 0 Å². The molecule has 0 atom stereocenters. The van der Waals surface area contributed by atoms with Crippen molar-refractivity contribution in [3.8, 4) is 0 Å². The summed E-state index contributed by atoms with van der Waals surface area (Å²) in [5, 5.41) is 0.786. The fraction of sp³-hybridized carbons (Fsp3) is 0.250. The van der Waals surface area contributed by atoms with Crippen LogP contribution in [0.1, 0.15) is 11.3 Å². The standard InChI is InChI=1S/C12H13ClN2/c1-9-8-10(5-6-14-9)12-11(13)4-3-7-15(12)2/h3-6,8H,7H2,1-2H3. The number of rotatable bonds is 1. The number of hydrogen-bond donors (Lipinski definition) is 0. The van der Waals surface area contributed by atoms with Crippen LogP contribution < -0.4 is 0 Å². The van der Waals surface area contributed by atoms with Crippen LogP contribution in [0.3, 0.4) is 0 Å². The summed E-state index contributed by atoms with van der Waals surface area (Å²) in [5.41, 5.74) is 3.21. The van der Waals surface area contributed by atoms with Gasteiger partial charge in [0.2, 0.25) is 0 Å². The van der Waals surface area contributed by atoms with Gasteiger partial charge in [-0.3, -0.25) is 4.98 Å². The minimum absolute atomic E-state index is 0.786. The lowest BCUT2D eigenvalue weighted by Crippen LogP contribution is -2.20. The topological polar surface area (TPSA) is 16.1 Å². The molecule has 0 radical (unpaired) electrons. The zero-order valence-corrected chi connectivity index (χ0v) is 9.62. The third kappa shape index (κ3) is 2.05. The molecule has 0 fully saturated rings. The Morgan fingerprint density at radius 3 is 2.93 bits per heavy atom. The highest BCUT2D eigenvalue weighted by molar-refractivity contribution is 6.34. The highest BCUT2D eigenvalue weighted by atomic mass is 35.5. The van der Waals surface area contributed by atoms with Crippen molar-refractivity contribution in [3.05, 3.63) is 46.8 Å². The number of likely N-dealkylation sites (N-methyl/N-ethyl adjacent to an activating group) is 1. The van der Waals surface area contributed by atoms with Crippen LogP contribution in [0, 0.1) is 6.92 Å². The van der Waals surface area contributed by atoms with Gasteiger partial charge in [-0.2, -0.15) is 0 Å². The zero-order chi connectivity index (χ0) is 10.8. The second-order valence-electron chi connectivity index (χ2n) is 3.67. The van der Waals surface area contributed by atoms with Crippen molar-refractivity contribution < 1.29 is 0 Å². The summed E-state index contributed by atoms with van der Waals surface area (Å²) in [6.07, 6.45) is 5.82. The van der Waals surface area contributed by atoms with Crippen molar-refractivity contribution in [2.45, 2.75) is 6.92 Å². The molecule has 0 spiro atoms. The van der Waals surface area contributed by atoms with Gasteiger partial charge in [-0.05, 0) is 25.1 Å². The molecule has 3 heteroatoms. The van der Waals surface area contributed by atoms with E-state index in [1.54, 1.807) is 0 Å². The van der Waals surface area contributed by atoms with Gasteiger partial charge < -0.3 is 4.90 Å². The average molecular weight is 221 g/mol. The van der Waals surface area contributed by atoms with E-state index >= 15 is 0 Å². The summed E-state index contributed by atoms with van der Waals surface area (Å²) in [5.74, 6) is 0. The van der Waals surface area contributed by atoms with Crippen molar-refractivity contribution in [2.75, 3.05) is 13.6 Å². The van der Waals surface area contributed by atoms with Crippen LogP contribution in [-0.2, 0) is 0 Å². The molecule has 15 heavy (non-hydrogen) atoms. The summed E-state index contributed by atoms with van der Waals surface area (Å²) in [6.45, 7) is 2.88. The van der Waals surface area contributed by atoms with Gasteiger partial charge in [-0.25, -0.2) is 0 Å². The quantitative estimate of drug-likeness (QED) is 0.724. The van der Waals surface area contributed by atoms with Gasteiger partial charge in [0.1, 0.15) is 0 Å². The van der Waals surface area contributed by atoms with E-state index in [9.17, 15) is 0 Å². The van der Waals surface area contributed by atoms with Crippen LogP contribution in [-0.4, -0.2) is 23.5 Å². The summed E-state index contributed by atoms with van der Waals surface area (Å²) in [4.78, 5) is 6.32. The molecule has 0 aromatic carbocycles. The zero-order valence-electron chi connectivity index (χ0n) is 8.87. The van der Waals surface area contributed by atoms with E-state index in [1.807, 2.05) is 38.4 Å². The van der Waals surface area contributed by atoms with Gasteiger partial charge in [-0.15, -0.1) is 0 Å². The van der Waals surface area contributed by atoms with Crippen molar-refractivity contribution in [1.29, 1.82) is 0 Å². The van der Waals surface area contributed by atoms with Gasteiger partial charge in [-0.1, -0.05) is 17.7 Å². The number of aryl methyl sites for hydroxylation is 1. The maximum atomic E-state index is 6.20. The molecule has 0 N–H and O–H groups in total. The van der Waals surface area contributed by atoms with E-state index in [0.717, 1.165) is 28.5 Å². The fourth-order valence-corrected chi connectivity index (χ4v) is 2.06. The second kappa shape index (κ2) is 4.07. The fourth-order valence-electron chi connectivity index (χ4n) is 1.72. The number of pyridine rings is 1. The molecule has 0 bridgehead atoms. The normalized spacial score (nSPS) is 16.1. The third-order valence-corrected chi connectivity index (χ3v) is 2.73. The Balaban J connectivity index is 2.49. The number of nitrogens with zero attached hydrogens (tertiary/aromatic N) is 2. The Kier molecular flexibility index (Phi) is 2.78. The van der Waals surface area contributed by atoms with Crippen LogP contribution in [0.4, 0.5) is 0 Å². The molecular weight excluding hydrogens is 208 g/mol. The molecule has 2 heterocycles. The molecule has 1 aliphatic heterocycles. The Morgan fingerprint density at radius 2 is 2.27 bits per heavy atom. The Hall–Kier alpha value is -1.28. The average Bonchev–Trinajstić information content (AvgIpc) is 2.17. The van der Waals surface area contributed by atoms with E-state index in [4.69, 9.17) is 11.6 Å². The molecule has 0 saturated heterocycles. The summed E-state index contributed by atoms with van der Waals surface area (Å²) in [6, 6.07) is 4.04. The minimum atomic E-state index is 0.786. The SMILES string of the molecule is Cc1cc(C2=C(Cl)C=CCN2C)ccn1. The molecule has 1 aromatic rings. The number of halogens is 1. The highest BCUT2D eigenvalue weighted by Gasteiger charge is 2.13. The molecule has 2 nitrogen and oxygen atoms in total. The molecule has 1 aliphatic rings. The minimum Gasteiger partial charge on any atom is -0.369 e. The highest BCUT2D eigenvalue weighted by Crippen LogP contribution is 2.27. The summed E-state index contributed by atoms with van der Waals surface area (Å²) < 4.78 is 0. The Morgan fingerprint density at radius 1 is 1.47 bits per heavy atom. The molecule has 78 valence electrons. The predicted molar refractivity (Wildman–Crippen MR) is 63.5 cm³/mol. The lowest BCUT2D eigenvalue weighted by Gasteiger charge is -2.25. The van der Waals surface area contributed by atoms with Crippen molar-refractivity contribution >= 4 is 17.3 Å². The van der Waals surface area contributed by atoms with E-state index in [-0.39, 0.29) is 0 Å². The first-order valence-corrected chi connectivity index (χ1v) is 5.27. The van der Waals surface area contributed by atoms with Gasteiger partial charge in [0.25, 0.3) is 0 Å². The molecule has 0 amide bonds. The smallest absolute Gasteiger partial charge is 0.0643 e. The Labute approximate surface area is 94.9 Å². The van der Waals surface area contributed by atoms with Gasteiger partial charge >= 0.3 is 0 Å². The van der Waals surface area contributed by atoms with Crippen molar-refractivity contribution in [1.82, 2.24) is 9.88 Å². The second-order valence-corrected chi connectivity index (χ2v) is 4.07. The van der Waals surface area contributed by atoms with Crippen molar-refractivity contribution in [3.63, 3.8) is 0 Å². The maximum Gasteiger partial charge on any atom is 0.0643 e. The lowest BCUT2D eigenvalue weighted by molar-refractivity contribution is 0.530. The molecule has 0 saturated carbocycles. The number of allylic oxidation sites excluding steroid dienone is 2. The largest absolute Gasteiger partial charge is 0.369 e. The van der Waals surface area contributed by atoms with E-state index in [2.05, 4.69) is 16.0 Å². The lowest BCUT2D eigenvalue weighted by atomic mass is 10.1. The van der Waals surface area contributed by atoms with Gasteiger partial charge in [0.15, 0.2) is 0 Å². The number of aromatic nitrogens is 1. The van der Waals surface area contributed by atoms with E-state index in [0.29, 0.717) is 0 Å². The summed E-state index contributed by atoms with van der Waals surface area (Å²) >= 11 is 6.20. The van der Waals surface area contributed by atoms with E-state index < -0.39 is 0 Å². The molecule has 1 aromatic heterocycles. The van der Waals surface area contributed by atoms with E-state index in [1.165, 1.54) is 0 Å². The van der Waals surface area contributed by atoms with Crippen LogP contribution in [0.15, 0.2) is 35.5 Å². The van der Waals surface area contributed by atoms with Gasteiger partial charge in [0.05, 0.1) is 10.7 Å². The first-order chi connectivity index (χ1) is 7.18. The monoisotopic (exact) mass is 220 g/mol. The van der Waals surface area contributed by atoms with Crippen LogP contribution in [0.25, 0.3) is 5.70 Å². The van der Waals surface area contributed by atoms with Crippen LogP contribution >= 0.6 is 11.6 Å². The summed E-state index contributed by atoms with van der Waals surface area (Å²) in [7, 11) is 2.04.